The molecule has 31 heavy (non-hydrogen) atoms. The molecule has 164 valence electrons. The Morgan fingerprint density at radius 1 is 1.39 bits per heavy atom. The Hall–Kier alpha value is -2.21. The average molecular weight is 479 g/mol. The summed E-state index contributed by atoms with van der Waals surface area (Å²) >= 11 is 4.26. The summed E-state index contributed by atoms with van der Waals surface area (Å²) in [6.45, 7) is 3.48. The highest BCUT2D eigenvalue weighted by molar-refractivity contribution is 7.99. The third kappa shape index (κ3) is 5.17. The number of methoxy groups -OCH3 is 1. The molecule has 4 rings (SSSR count). The van der Waals surface area contributed by atoms with Crippen molar-refractivity contribution in [2.45, 2.75) is 37.6 Å². The van der Waals surface area contributed by atoms with Crippen LogP contribution >= 0.6 is 34.4 Å². The van der Waals surface area contributed by atoms with Crippen LogP contribution in [0.1, 0.15) is 28.1 Å². The number of anilines is 1. The van der Waals surface area contributed by atoms with Gasteiger partial charge in [0.15, 0.2) is 11.0 Å². The second-order valence-corrected chi connectivity index (χ2v) is 9.96. The monoisotopic (exact) mass is 478 g/mol. The van der Waals surface area contributed by atoms with E-state index in [1.54, 1.807) is 22.8 Å². The van der Waals surface area contributed by atoms with Crippen molar-refractivity contribution in [2.24, 2.45) is 0 Å². The first kappa shape index (κ1) is 22.0. The molecular formula is C20H22N4O4S3. The van der Waals surface area contributed by atoms with Crippen molar-refractivity contribution in [2.75, 3.05) is 24.8 Å². The lowest BCUT2D eigenvalue weighted by atomic mass is 10.2. The fourth-order valence-corrected chi connectivity index (χ4v) is 5.52. The molecular weight excluding hydrogens is 456 g/mol. The molecule has 11 heteroatoms. The number of esters is 1. The molecule has 1 unspecified atom stereocenters. The van der Waals surface area contributed by atoms with E-state index < -0.39 is 5.97 Å². The standard InChI is InChI=1S/C20H22N4O4S3/c1-12-8-13(10-30-12)17-22-23-20(24(17)9-14-4-3-6-28-14)31-11-16(25)21-18-15(5-7-29-18)19(26)27-2/h5,7-8,10,14H,3-4,6,9,11H2,1-2H3,(H,21,25). The fourth-order valence-electron chi connectivity index (χ4n) is 3.30. The van der Waals surface area contributed by atoms with E-state index in [1.807, 2.05) is 4.57 Å². The van der Waals surface area contributed by atoms with Crippen molar-refractivity contribution in [3.8, 4) is 11.4 Å². The summed E-state index contributed by atoms with van der Waals surface area (Å²) in [5.41, 5.74) is 1.37. The van der Waals surface area contributed by atoms with Crippen LogP contribution in [0.4, 0.5) is 5.00 Å². The van der Waals surface area contributed by atoms with Gasteiger partial charge in [0.2, 0.25) is 5.91 Å². The minimum atomic E-state index is -0.476. The number of amides is 1. The van der Waals surface area contributed by atoms with Gasteiger partial charge in [0, 0.05) is 22.4 Å². The third-order valence-electron chi connectivity index (χ3n) is 4.77. The van der Waals surface area contributed by atoms with Crippen molar-refractivity contribution >= 4 is 51.3 Å². The Morgan fingerprint density at radius 3 is 2.97 bits per heavy atom. The highest BCUT2D eigenvalue weighted by Gasteiger charge is 2.23. The number of ether oxygens (including phenoxy) is 2. The molecule has 0 aliphatic carbocycles. The second kappa shape index (κ2) is 9.94. The minimum absolute atomic E-state index is 0.122. The second-order valence-electron chi connectivity index (χ2n) is 6.99. The highest BCUT2D eigenvalue weighted by Crippen LogP contribution is 2.30. The van der Waals surface area contributed by atoms with Gasteiger partial charge in [-0.15, -0.1) is 32.9 Å². The summed E-state index contributed by atoms with van der Waals surface area (Å²) in [7, 11) is 1.31. The summed E-state index contributed by atoms with van der Waals surface area (Å²) in [5, 5.41) is 16.5. The van der Waals surface area contributed by atoms with Crippen LogP contribution < -0.4 is 5.32 Å². The van der Waals surface area contributed by atoms with E-state index >= 15 is 0 Å². The molecule has 1 fully saturated rings. The van der Waals surface area contributed by atoms with Crippen LogP contribution in [0.25, 0.3) is 11.4 Å². The molecule has 3 aromatic heterocycles. The largest absolute Gasteiger partial charge is 0.465 e. The van der Waals surface area contributed by atoms with Crippen LogP contribution in [0.5, 0.6) is 0 Å². The molecule has 0 radical (unpaired) electrons. The van der Waals surface area contributed by atoms with E-state index in [2.05, 4.69) is 33.9 Å². The van der Waals surface area contributed by atoms with E-state index in [0.717, 1.165) is 30.8 Å². The zero-order valence-electron chi connectivity index (χ0n) is 17.1. The van der Waals surface area contributed by atoms with Crippen LogP contribution in [0.15, 0.2) is 28.0 Å². The zero-order valence-corrected chi connectivity index (χ0v) is 19.6. The Labute approximate surface area is 192 Å². The van der Waals surface area contributed by atoms with E-state index in [-0.39, 0.29) is 17.8 Å². The number of aryl methyl sites for hydroxylation is 1. The van der Waals surface area contributed by atoms with Gasteiger partial charge >= 0.3 is 5.97 Å². The highest BCUT2D eigenvalue weighted by atomic mass is 32.2. The summed E-state index contributed by atoms with van der Waals surface area (Å²) in [6.07, 6.45) is 2.17. The molecule has 1 atom stereocenters. The number of thiophene rings is 2. The molecule has 1 amide bonds. The Bertz CT molecular complexity index is 1070. The fraction of sp³-hybridized carbons (Fsp3) is 0.400. The van der Waals surface area contributed by atoms with Crippen molar-refractivity contribution in [3.05, 3.63) is 33.3 Å². The lowest BCUT2D eigenvalue weighted by Gasteiger charge is -2.14. The average Bonchev–Trinajstić information content (AvgIpc) is 3.54. The van der Waals surface area contributed by atoms with E-state index in [9.17, 15) is 9.59 Å². The first-order valence-corrected chi connectivity index (χ1v) is 12.5. The Kier molecular flexibility index (Phi) is 7.06. The number of hydrogen-bond acceptors (Lipinski definition) is 9. The van der Waals surface area contributed by atoms with Gasteiger partial charge in [0.05, 0.1) is 31.1 Å². The molecule has 0 saturated carbocycles. The quantitative estimate of drug-likeness (QED) is 0.385. The van der Waals surface area contributed by atoms with Gasteiger partial charge in [-0.05, 0) is 37.3 Å². The van der Waals surface area contributed by atoms with Crippen molar-refractivity contribution < 1.29 is 19.1 Å². The number of carbonyl (C=O) groups is 2. The number of nitrogens with one attached hydrogen (secondary N) is 1. The Balaban J connectivity index is 1.47. The zero-order chi connectivity index (χ0) is 21.8. The maximum absolute atomic E-state index is 12.5. The molecule has 1 N–H and O–H groups in total. The molecule has 3 aromatic rings. The summed E-state index contributed by atoms with van der Waals surface area (Å²) in [6, 6.07) is 3.72. The molecule has 4 heterocycles. The predicted molar refractivity (Wildman–Crippen MR) is 122 cm³/mol. The first-order valence-electron chi connectivity index (χ1n) is 9.74. The molecule has 0 aromatic carbocycles. The Morgan fingerprint density at radius 2 is 2.26 bits per heavy atom. The topological polar surface area (TPSA) is 95.3 Å². The summed E-state index contributed by atoms with van der Waals surface area (Å²) in [4.78, 5) is 25.5. The number of carbonyl (C=O) groups excluding carboxylic acids is 2. The number of thioether (sulfide) groups is 1. The number of rotatable bonds is 8. The van der Waals surface area contributed by atoms with E-state index in [4.69, 9.17) is 9.47 Å². The lowest BCUT2D eigenvalue weighted by Crippen LogP contribution is -2.18. The maximum Gasteiger partial charge on any atom is 0.340 e. The molecule has 1 aliphatic heterocycles. The number of nitrogens with zero attached hydrogens (tertiary/aromatic N) is 3. The molecule has 1 saturated heterocycles. The molecule has 0 bridgehead atoms. The summed E-state index contributed by atoms with van der Waals surface area (Å²) in [5.74, 6) is 0.229. The molecule has 1 aliphatic rings. The minimum Gasteiger partial charge on any atom is -0.465 e. The van der Waals surface area contributed by atoms with Crippen LogP contribution in [-0.4, -0.2) is 52.2 Å². The summed E-state index contributed by atoms with van der Waals surface area (Å²) < 4.78 is 12.6. The predicted octanol–water partition coefficient (Wildman–Crippen LogP) is 4.07. The molecule has 8 nitrogen and oxygen atoms in total. The smallest absolute Gasteiger partial charge is 0.340 e. The van der Waals surface area contributed by atoms with Gasteiger partial charge < -0.3 is 14.8 Å². The van der Waals surface area contributed by atoms with Crippen LogP contribution in [0.2, 0.25) is 0 Å². The van der Waals surface area contributed by atoms with Gasteiger partial charge in [0.25, 0.3) is 0 Å². The van der Waals surface area contributed by atoms with Crippen molar-refractivity contribution in [3.63, 3.8) is 0 Å². The van der Waals surface area contributed by atoms with Gasteiger partial charge in [0.1, 0.15) is 5.00 Å². The van der Waals surface area contributed by atoms with Crippen LogP contribution in [0, 0.1) is 6.92 Å². The van der Waals surface area contributed by atoms with Crippen molar-refractivity contribution in [1.82, 2.24) is 14.8 Å². The van der Waals surface area contributed by atoms with Crippen molar-refractivity contribution in [1.29, 1.82) is 0 Å². The van der Waals surface area contributed by atoms with E-state index in [1.165, 1.54) is 35.1 Å². The van der Waals surface area contributed by atoms with Crippen LogP contribution in [0.3, 0.4) is 0 Å². The van der Waals surface area contributed by atoms with E-state index in [0.29, 0.717) is 22.3 Å². The number of aromatic nitrogens is 3. The van der Waals surface area contributed by atoms with Crippen LogP contribution in [-0.2, 0) is 20.8 Å². The number of hydrogen-bond donors (Lipinski definition) is 1. The van der Waals surface area contributed by atoms with Gasteiger partial charge in [-0.2, -0.15) is 0 Å². The molecule has 0 spiro atoms. The SMILES string of the molecule is COC(=O)c1ccsc1NC(=O)CSc1nnc(-c2csc(C)c2)n1CC1CCCO1. The van der Waals surface area contributed by atoms with Gasteiger partial charge in [-0.25, -0.2) is 4.79 Å². The first-order chi connectivity index (χ1) is 15.0. The third-order valence-corrected chi connectivity index (χ3v) is 7.43. The normalized spacial score (nSPS) is 15.9. The van der Waals surface area contributed by atoms with Gasteiger partial charge in [-0.1, -0.05) is 11.8 Å². The van der Waals surface area contributed by atoms with Gasteiger partial charge in [-0.3, -0.25) is 9.36 Å². The maximum atomic E-state index is 12.5. The lowest BCUT2D eigenvalue weighted by molar-refractivity contribution is -0.113.